The van der Waals surface area contributed by atoms with Crippen LogP contribution in [0.4, 0.5) is 26.3 Å². The largest absolute Gasteiger partial charge is 0.446 e. The van der Waals surface area contributed by atoms with E-state index in [1.807, 2.05) is 38.1 Å². The molecule has 2 aliphatic rings. The highest BCUT2D eigenvalue weighted by Crippen LogP contribution is 2.50. The van der Waals surface area contributed by atoms with E-state index in [2.05, 4.69) is 9.69 Å². The second-order valence-corrected chi connectivity index (χ2v) is 11.8. The lowest BCUT2D eigenvalue weighted by Crippen LogP contribution is -2.25. The Kier molecular flexibility index (Phi) is 7.06. The van der Waals surface area contributed by atoms with Crippen LogP contribution in [0.1, 0.15) is 33.4 Å². The molecule has 0 bridgehead atoms. The van der Waals surface area contributed by atoms with Crippen LogP contribution >= 0.6 is 23.5 Å². The zero-order valence-electron chi connectivity index (χ0n) is 21.6. The van der Waals surface area contributed by atoms with Crippen molar-refractivity contribution in [2.45, 2.75) is 47.5 Å². The number of benzene rings is 3. The Labute approximate surface area is 244 Å². The zero-order valence-corrected chi connectivity index (χ0v) is 23.2. The van der Waals surface area contributed by atoms with E-state index in [-0.39, 0.29) is 51.4 Å². The van der Waals surface area contributed by atoms with Gasteiger partial charge in [0.15, 0.2) is 0 Å². The molecular weight excluding hydrogens is 594 g/mol. The van der Waals surface area contributed by atoms with Crippen LogP contribution in [0.3, 0.4) is 0 Å². The van der Waals surface area contributed by atoms with E-state index in [1.54, 1.807) is 0 Å². The first-order valence-electron chi connectivity index (χ1n) is 12.0. The SMILES string of the molecule is [C-]#[N+]/C(C#N)=c1\c2c(/c(=C(/C#N)[N+]#[C-])c3c1Cc1cc(SC(F)(F)F)c(SC(F)(F)F)cc1-3)-c1cc(C)c(C)cc1C2. The number of thioether (sulfide) groups is 2. The molecule has 0 saturated carbocycles. The van der Waals surface area contributed by atoms with Crippen molar-refractivity contribution in [3.63, 3.8) is 0 Å². The van der Waals surface area contributed by atoms with Crippen LogP contribution < -0.4 is 10.4 Å². The third-order valence-corrected chi connectivity index (χ3v) is 8.94. The summed E-state index contributed by atoms with van der Waals surface area (Å²) < 4.78 is 80.7. The van der Waals surface area contributed by atoms with Gasteiger partial charge in [-0.3, -0.25) is 0 Å². The van der Waals surface area contributed by atoms with Crippen molar-refractivity contribution in [1.82, 2.24) is 0 Å². The molecule has 0 amide bonds. The number of halogens is 6. The maximum absolute atomic E-state index is 13.5. The predicted octanol–water partition coefficient (Wildman–Crippen LogP) is 7.77. The highest BCUT2D eigenvalue weighted by molar-refractivity contribution is 8.03. The van der Waals surface area contributed by atoms with Crippen molar-refractivity contribution < 1.29 is 26.3 Å². The standard InChI is InChI=1S/C30H14F6N4S2/c1-13-5-15-7-19-25(21(11-37)39-3)20-8-16-9-23(41-29(31,32)33)24(42-30(34,35)36)10-18(16)27(20)28(22(12-38)40-4)26(19)17(15)6-14(13)2/h5-6,9-10H,7-8H2,1-2H3/b25-21+,28-22+. The molecule has 208 valence electrons. The number of nitrogens with zero attached hydrogens (tertiary/aromatic N) is 4. The quantitative estimate of drug-likeness (QED) is 0.117. The van der Waals surface area contributed by atoms with Gasteiger partial charge in [-0.15, -0.1) is 0 Å². The Hall–Kier alpha value is -4.36. The molecule has 42 heavy (non-hydrogen) atoms. The number of fused-ring (bicyclic) bond motifs is 6. The third kappa shape index (κ3) is 4.88. The lowest BCUT2D eigenvalue weighted by atomic mass is 9.90. The number of aryl methyl sites for hydroxylation is 2. The molecule has 12 heteroatoms. The van der Waals surface area contributed by atoms with Crippen molar-refractivity contribution in [1.29, 1.82) is 10.5 Å². The van der Waals surface area contributed by atoms with Gasteiger partial charge in [-0.1, -0.05) is 12.1 Å². The summed E-state index contributed by atoms with van der Waals surface area (Å²) in [5.74, 6) is 0. The Bertz CT molecular complexity index is 2000. The molecule has 0 fully saturated rings. The van der Waals surface area contributed by atoms with Crippen LogP contribution in [-0.2, 0) is 12.8 Å². The van der Waals surface area contributed by atoms with Gasteiger partial charge in [0.05, 0.1) is 25.3 Å². The molecular formula is C30H14F6N4S2. The first-order chi connectivity index (χ1) is 19.7. The van der Waals surface area contributed by atoms with Gasteiger partial charge in [-0.2, -0.15) is 26.3 Å². The van der Waals surface area contributed by atoms with Crippen LogP contribution in [0.5, 0.6) is 0 Å². The zero-order chi connectivity index (χ0) is 30.7. The summed E-state index contributed by atoms with van der Waals surface area (Å²) >= 11 is -1.35. The van der Waals surface area contributed by atoms with Crippen LogP contribution in [0, 0.1) is 49.7 Å². The molecule has 2 aliphatic carbocycles. The summed E-state index contributed by atoms with van der Waals surface area (Å²) in [7, 11) is 0. The summed E-state index contributed by atoms with van der Waals surface area (Å²) in [5, 5.41) is 20.3. The van der Waals surface area contributed by atoms with Crippen LogP contribution in [0.15, 0.2) is 34.1 Å². The third-order valence-electron chi connectivity index (χ3n) is 7.23. The summed E-state index contributed by atoms with van der Waals surface area (Å²) in [6.45, 7) is 19.2. The summed E-state index contributed by atoms with van der Waals surface area (Å²) in [6.07, 6.45) is 0.161. The highest BCUT2D eigenvalue weighted by Gasteiger charge is 2.38. The van der Waals surface area contributed by atoms with Crippen LogP contribution in [0.2, 0.25) is 0 Å². The number of nitriles is 2. The van der Waals surface area contributed by atoms with Crippen molar-refractivity contribution in [2.75, 3.05) is 0 Å². The molecule has 0 N–H and O–H groups in total. The number of hydrogen-bond acceptors (Lipinski definition) is 4. The summed E-state index contributed by atoms with van der Waals surface area (Å²) in [6, 6.07) is 9.61. The smallest absolute Gasteiger partial charge is 0.226 e. The van der Waals surface area contributed by atoms with Crippen LogP contribution in [-0.4, -0.2) is 11.0 Å². The predicted molar refractivity (Wildman–Crippen MR) is 147 cm³/mol. The first-order valence-corrected chi connectivity index (χ1v) is 13.6. The molecule has 0 unspecified atom stereocenters. The number of hydrogen-bond donors (Lipinski definition) is 0. The minimum atomic E-state index is -4.90. The van der Waals surface area contributed by atoms with E-state index >= 15 is 0 Å². The van der Waals surface area contributed by atoms with Crippen molar-refractivity contribution >= 4 is 34.9 Å². The number of alkyl halides is 6. The average molecular weight is 609 g/mol. The topological polar surface area (TPSA) is 56.3 Å². The fraction of sp³-hybridized carbons (Fsp3) is 0.200. The Balaban J connectivity index is 2.02. The van der Waals surface area contributed by atoms with E-state index in [1.165, 1.54) is 0 Å². The molecule has 0 saturated heterocycles. The Morgan fingerprint density at radius 1 is 0.714 bits per heavy atom. The lowest BCUT2D eigenvalue weighted by molar-refractivity contribution is -0.0346. The van der Waals surface area contributed by atoms with Gasteiger partial charge in [0.2, 0.25) is 0 Å². The van der Waals surface area contributed by atoms with Gasteiger partial charge < -0.3 is 0 Å². The maximum Gasteiger partial charge on any atom is 0.446 e. The normalized spacial score (nSPS) is 14.4. The Morgan fingerprint density at radius 2 is 1.14 bits per heavy atom. The Morgan fingerprint density at radius 3 is 1.62 bits per heavy atom. The summed E-state index contributed by atoms with van der Waals surface area (Å²) in [4.78, 5) is 5.49. The van der Waals surface area contributed by atoms with Gasteiger partial charge in [0, 0.05) is 15.0 Å². The molecule has 4 nitrogen and oxygen atoms in total. The van der Waals surface area contributed by atoms with E-state index in [0.29, 0.717) is 22.3 Å². The molecule has 0 aliphatic heterocycles. The fourth-order valence-electron chi connectivity index (χ4n) is 5.63. The molecule has 0 heterocycles. The van der Waals surface area contributed by atoms with Gasteiger partial charge in [0.25, 0.3) is 11.4 Å². The highest BCUT2D eigenvalue weighted by atomic mass is 32.2. The van der Waals surface area contributed by atoms with E-state index in [0.717, 1.165) is 28.8 Å². The molecule has 3 aromatic carbocycles. The molecule has 0 spiro atoms. The van der Waals surface area contributed by atoms with E-state index in [9.17, 15) is 36.9 Å². The van der Waals surface area contributed by atoms with E-state index < -0.39 is 44.3 Å². The molecule has 0 atom stereocenters. The molecule has 0 aromatic heterocycles. The van der Waals surface area contributed by atoms with Crippen molar-refractivity contribution in [3.05, 3.63) is 90.9 Å². The number of rotatable bonds is 2. The minimum Gasteiger partial charge on any atom is -0.226 e. The minimum absolute atomic E-state index is 0.103. The molecule has 5 rings (SSSR count). The van der Waals surface area contributed by atoms with Crippen molar-refractivity contribution in [2.24, 2.45) is 0 Å². The monoisotopic (exact) mass is 608 g/mol. The van der Waals surface area contributed by atoms with Crippen LogP contribution in [0.25, 0.3) is 43.3 Å². The fourth-order valence-corrected chi connectivity index (χ4v) is 7.07. The van der Waals surface area contributed by atoms with Gasteiger partial charge in [0.1, 0.15) is 0 Å². The van der Waals surface area contributed by atoms with Gasteiger partial charge >= 0.3 is 11.0 Å². The molecule has 0 radical (unpaired) electrons. The average Bonchev–Trinajstić information content (AvgIpc) is 3.42. The second-order valence-electron chi connectivity index (χ2n) is 9.60. The first kappa shape index (κ1) is 29.1. The second kappa shape index (κ2) is 10.2. The maximum atomic E-state index is 13.5. The van der Waals surface area contributed by atoms with Crippen molar-refractivity contribution in [3.8, 4) is 34.4 Å². The summed E-state index contributed by atoms with van der Waals surface area (Å²) in [5.41, 5.74) is -5.25. The van der Waals surface area contributed by atoms with E-state index in [4.69, 9.17) is 13.1 Å². The van der Waals surface area contributed by atoms with Gasteiger partial charge in [-0.25, -0.2) is 20.2 Å². The lowest BCUT2D eigenvalue weighted by Gasteiger charge is -2.16. The van der Waals surface area contributed by atoms with Gasteiger partial charge in [-0.05, 0) is 123 Å². The molecule has 3 aromatic rings.